The molecule has 0 saturated heterocycles. The lowest BCUT2D eigenvalue weighted by atomic mass is 10.1. The van der Waals surface area contributed by atoms with Gasteiger partial charge in [-0.15, -0.1) is 0 Å². The van der Waals surface area contributed by atoms with Gasteiger partial charge in [0, 0.05) is 0 Å². The van der Waals surface area contributed by atoms with Crippen LogP contribution in [0.15, 0.2) is 12.2 Å². The summed E-state index contributed by atoms with van der Waals surface area (Å²) in [6.45, 7) is 9.57. The van der Waals surface area contributed by atoms with Crippen molar-refractivity contribution in [3.05, 3.63) is 12.2 Å². The molecule has 0 spiro atoms. The van der Waals surface area contributed by atoms with E-state index in [0.29, 0.717) is 0 Å². The van der Waals surface area contributed by atoms with Gasteiger partial charge in [-0.1, -0.05) is 90.9 Å². The van der Waals surface area contributed by atoms with Crippen LogP contribution in [0.5, 0.6) is 0 Å². The molecule has 0 aromatic carbocycles. The monoisotopic (exact) mass is 494 g/mol. The molecule has 0 aliphatic rings. The van der Waals surface area contributed by atoms with E-state index in [-0.39, 0.29) is 24.8 Å². The minimum absolute atomic E-state index is 0. The van der Waals surface area contributed by atoms with Gasteiger partial charge in [-0.25, -0.2) is 0 Å². The lowest BCUT2D eigenvalue weighted by Crippen LogP contribution is -3.00. The molecule has 4 heteroatoms. The second kappa shape index (κ2) is 24.4. The van der Waals surface area contributed by atoms with E-state index in [1.165, 1.54) is 129 Å². The minimum Gasteiger partial charge on any atom is -1.00 e. The van der Waals surface area contributed by atoms with Crippen LogP contribution < -0.4 is 24.8 Å². The number of halogens is 2. The van der Waals surface area contributed by atoms with Crippen molar-refractivity contribution in [2.45, 2.75) is 117 Å². The van der Waals surface area contributed by atoms with Gasteiger partial charge >= 0.3 is 0 Å². The molecule has 0 atom stereocenters. The third-order valence-electron chi connectivity index (χ3n) is 6.60. The molecule has 0 aromatic rings. The summed E-state index contributed by atoms with van der Waals surface area (Å²) in [7, 11) is 9.58. The van der Waals surface area contributed by atoms with Gasteiger partial charge in [-0.05, 0) is 37.8 Å². The average molecular weight is 496 g/mol. The van der Waals surface area contributed by atoms with Gasteiger partial charge in [0.25, 0.3) is 0 Å². The van der Waals surface area contributed by atoms with E-state index >= 15 is 0 Å². The van der Waals surface area contributed by atoms with Crippen molar-refractivity contribution in [2.24, 2.45) is 0 Å². The highest BCUT2D eigenvalue weighted by Crippen LogP contribution is 2.12. The van der Waals surface area contributed by atoms with Crippen molar-refractivity contribution in [3.63, 3.8) is 0 Å². The Bertz CT molecular complexity index is 359. The summed E-state index contributed by atoms with van der Waals surface area (Å²) >= 11 is 0. The molecule has 196 valence electrons. The van der Waals surface area contributed by atoms with Gasteiger partial charge in [0.15, 0.2) is 0 Å². The van der Waals surface area contributed by atoms with Crippen LogP contribution in [0.2, 0.25) is 0 Å². The van der Waals surface area contributed by atoms with E-state index in [1.54, 1.807) is 0 Å². The Labute approximate surface area is 216 Å². The number of quaternary nitrogens is 2. The second-order valence-corrected chi connectivity index (χ2v) is 11.1. The van der Waals surface area contributed by atoms with Crippen molar-refractivity contribution in [1.82, 2.24) is 0 Å². The van der Waals surface area contributed by atoms with E-state index in [9.17, 15) is 0 Å². The standard InChI is InChI=1S/C28H60N2.2ClH/c1-7-9-11-13-15-17-19-21-25-29(3,4)27-23-24-28-30(5,6)26-22-20-18-16-14-12-10-8-2;;/h23-24H,7-22,25-28H2,1-6H3;2*1H/q+2;;/p-2/b24-23+;;. The van der Waals surface area contributed by atoms with Crippen LogP contribution in [0.1, 0.15) is 117 Å². The average Bonchev–Trinajstić information content (AvgIpc) is 2.69. The molecule has 0 saturated carbocycles. The Balaban J connectivity index is -0.00000420. The predicted octanol–water partition coefficient (Wildman–Crippen LogP) is 1.98. The zero-order valence-electron chi connectivity index (χ0n) is 22.9. The molecule has 0 aliphatic heterocycles. The van der Waals surface area contributed by atoms with Crippen LogP contribution in [0.25, 0.3) is 0 Å². The molecule has 0 radical (unpaired) electrons. The molecule has 0 bridgehead atoms. The number of rotatable bonds is 22. The first-order valence-electron chi connectivity index (χ1n) is 13.6. The van der Waals surface area contributed by atoms with E-state index in [4.69, 9.17) is 0 Å². The largest absolute Gasteiger partial charge is 1.00 e. The quantitative estimate of drug-likeness (QED) is 0.122. The summed E-state index contributed by atoms with van der Waals surface area (Å²) in [5.41, 5.74) is 0. The lowest BCUT2D eigenvalue weighted by molar-refractivity contribution is -0.887. The summed E-state index contributed by atoms with van der Waals surface area (Å²) < 4.78 is 2.27. The van der Waals surface area contributed by atoms with Crippen LogP contribution in [0.4, 0.5) is 0 Å². The zero-order chi connectivity index (χ0) is 22.6. The van der Waals surface area contributed by atoms with Crippen LogP contribution in [0, 0.1) is 0 Å². The van der Waals surface area contributed by atoms with Crippen molar-refractivity contribution in [2.75, 3.05) is 54.4 Å². The smallest absolute Gasteiger partial charge is 0.0971 e. The van der Waals surface area contributed by atoms with E-state index in [1.807, 2.05) is 0 Å². The van der Waals surface area contributed by atoms with Crippen LogP contribution in [-0.2, 0) is 0 Å². The molecular formula is C28H60Cl2N2. The Morgan fingerprint density at radius 3 is 0.938 bits per heavy atom. The van der Waals surface area contributed by atoms with Crippen molar-refractivity contribution >= 4 is 0 Å². The Morgan fingerprint density at radius 1 is 0.406 bits per heavy atom. The van der Waals surface area contributed by atoms with E-state index < -0.39 is 0 Å². The molecule has 0 aliphatic carbocycles. The molecule has 32 heavy (non-hydrogen) atoms. The van der Waals surface area contributed by atoms with Gasteiger partial charge in [-0.3, -0.25) is 0 Å². The fourth-order valence-corrected chi connectivity index (χ4v) is 4.25. The minimum atomic E-state index is 0. The number of nitrogens with zero attached hydrogens (tertiary/aromatic N) is 2. The lowest BCUT2D eigenvalue weighted by Gasteiger charge is -2.30. The number of hydrogen-bond acceptors (Lipinski definition) is 0. The number of unbranched alkanes of at least 4 members (excludes halogenated alkanes) is 14. The highest BCUT2D eigenvalue weighted by Gasteiger charge is 2.14. The Morgan fingerprint density at radius 2 is 0.656 bits per heavy atom. The molecular weight excluding hydrogens is 435 g/mol. The maximum atomic E-state index is 2.44. The molecule has 0 aromatic heterocycles. The fraction of sp³-hybridized carbons (Fsp3) is 0.929. The molecule has 0 fully saturated rings. The topological polar surface area (TPSA) is 0 Å². The molecule has 0 heterocycles. The normalized spacial score (nSPS) is 12.1. The zero-order valence-corrected chi connectivity index (χ0v) is 24.5. The van der Waals surface area contributed by atoms with Gasteiger partial charge < -0.3 is 33.8 Å². The van der Waals surface area contributed by atoms with Gasteiger partial charge in [0.05, 0.1) is 54.4 Å². The van der Waals surface area contributed by atoms with Gasteiger partial charge in [0.1, 0.15) is 0 Å². The number of hydrogen-bond donors (Lipinski definition) is 0. The molecule has 0 amide bonds. The summed E-state index contributed by atoms with van der Waals surface area (Å²) in [5.74, 6) is 0. The summed E-state index contributed by atoms with van der Waals surface area (Å²) in [6, 6.07) is 0. The van der Waals surface area contributed by atoms with Crippen molar-refractivity contribution in [1.29, 1.82) is 0 Å². The third-order valence-corrected chi connectivity index (χ3v) is 6.60. The molecule has 0 N–H and O–H groups in total. The molecule has 0 unspecified atom stereocenters. The van der Waals surface area contributed by atoms with E-state index in [2.05, 4.69) is 54.2 Å². The van der Waals surface area contributed by atoms with E-state index in [0.717, 1.165) is 8.97 Å². The summed E-state index contributed by atoms with van der Waals surface area (Å²) in [5, 5.41) is 0. The first kappa shape index (κ1) is 36.8. The maximum Gasteiger partial charge on any atom is 0.0971 e. The first-order valence-corrected chi connectivity index (χ1v) is 13.6. The Kier molecular flexibility index (Phi) is 28.0. The fourth-order valence-electron chi connectivity index (χ4n) is 4.25. The molecule has 2 nitrogen and oxygen atoms in total. The summed E-state index contributed by atoms with van der Waals surface area (Å²) in [6.07, 6.45) is 27.6. The second-order valence-electron chi connectivity index (χ2n) is 11.1. The molecule has 0 rings (SSSR count). The van der Waals surface area contributed by atoms with Crippen LogP contribution in [0.3, 0.4) is 0 Å². The SMILES string of the molecule is CCCCCCCCCC[N+](C)(C)C/C=C/C[N+](C)(C)CCCCCCCCCC.[Cl-].[Cl-]. The summed E-state index contributed by atoms with van der Waals surface area (Å²) in [4.78, 5) is 0. The van der Waals surface area contributed by atoms with Crippen LogP contribution in [-0.4, -0.2) is 63.3 Å². The maximum absolute atomic E-state index is 2.44. The van der Waals surface area contributed by atoms with Crippen molar-refractivity contribution in [3.8, 4) is 0 Å². The highest BCUT2D eigenvalue weighted by molar-refractivity contribution is 4.81. The third kappa shape index (κ3) is 26.5. The van der Waals surface area contributed by atoms with Gasteiger partial charge in [0.2, 0.25) is 0 Å². The Hall–Kier alpha value is 0.240. The van der Waals surface area contributed by atoms with Crippen molar-refractivity contribution < 1.29 is 33.8 Å². The first-order chi connectivity index (χ1) is 14.3. The predicted molar refractivity (Wildman–Crippen MR) is 138 cm³/mol. The number of likely N-dealkylation sites (N-methyl/N-ethyl adjacent to an activating group) is 2. The van der Waals surface area contributed by atoms with Crippen LogP contribution >= 0.6 is 0 Å². The highest BCUT2D eigenvalue weighted by atomic mass is 35.5. The van der Waals surface area contributed by atoms with Gasteiger partial charge in [-0.2, -0.15) is 0 Å².